The molecule has 1 spiro atoms. The lowest BCUT2D eigenvalue weighted by Gasteiger charge is -2.48. The van der Waals surface area contributed by atoms with Crippen molar-refractivity contribution in [2.75, 3.05) is 20.8 Å². The summed E-state index contributed by atoms with van der Waals surface area (Å²) in [5.74, 6) is 1.21. The van der Waals surface area contributed by atoms with Crippen molar-refractivity contribution in [3.63, 3.8) is 0 Å². The molecule has 124 valence electrons. The number of rotatable bonds is 7. The van der Waals surface area contributed by atoms with E-state index in [1.54, 1.807) is 0 Å². The fourth-order valence-electron chi connectivity index (χ4n) is 4.46. The van der Waals surface area contributed by atoms with Crippen LogP contribution in [0.2, 0.25) is 0 Å². The number of hydrogen-bond donors (Lipinski definition) is 0. The zero-order chi connectivity index (χ0) is 15.7. The summed E-state index contributed by atoms with van der Waals surface area (Å²) in [5, 5.41) is 0. The van der Waals surface area contributed by atoms with Crippen LogP contribution >= 0.6 is 0 Å². The summed E-state index contributed by atoms with van der Waals surface area (Å²) in [6, 6.07) is 0. The monoisotopic (exact) mass is 298 g/mol. The highest BCUT2D eigenvalue weighted by Crippen LogP contribution is 2.55. The predicted octanol–water partition coefficient (Wildman–Crippen LogP) is 4.05. The van der Waals surface area contributed by atoms with E-state index in [1.165, 1.54) is 19.3 Å². The Morgan fingerprint density at radius 1 is 1.24 bits per heavy atom. The maximum absolute atomic E-state index is 5.95. The molecule has 21 heavy (non-hydrogen) atoms. The molecule has 1 aliphatic carbocycles. The Hall–Kier alpha value is -0.120. The van der Waals surface area contributed by atoms with Gasteiger partial charge in [-0.15, -0.1) is 0 Å². The van der Waals surface area contributed by atoms with Crippen LogP contribution in [0.3, 0.4) is 0 Å². The highest BCUT2D eigenvalue weighted by atomic mass is 16.6. The van der Waals surface area contributed by atoms with E-state index in [4.69, 9.17) is 14.2 Å². The second kappa shape index (κ2) is 6.55. The average Bonchev–Trinajstić information content (AvgIpc) is 3.17. The first-order valence-corrected chi connectivity index (χ1v) is 8.56. The molecule has 4 atom stereocenters. The van der Waals surface area contributed by atoms with E-state index < -0.39 is 0 Å². The molecule has 0 amide bonds. The van der Waals surface area contributed by atoms with Gasteiger partial charge in [-0.3, -0.25) is 0 Å². The van der Waals surface area contributed by atoms with E-state index in [2.05, 4.69) is 27.7 Å². The van der Waals surface area contributed by atoms with Crippen molar-refractivity contribution < 1.29 is 14.2 Å². The first-order valence-electron chi connectivity index (χ1n) is 8.56. The third-order valence-electron chi connectivity index (χ3n) is 5.65. The molecule has 3 nitrogen and oxygen atoms in total. The fourth-order valence-corrected chi connectivity index (χ4v) is 4.46. The maximum Gasteiger partial charge on any atom is 0.0976 e. The first kappa shape index (κ1) is 17.2. The highest BCUT2D eigenvalue weighted by molar-refractivity contribution is 5.11. The van der Waals surface area contributed by atoms with Crippen molar-refractivity contribution in [3.8, 4) is 0 Å². The molecule has 0 aromatic carbocycles. The Labute approximate surface area is 130 Å². The Kier molecular flexibility index (Phi) is 5.38. The Balaban J connectivity index is 2.11. The zero-order valence-electron chi connectivity index (χ0n) is 14.8. The van der Waals surface area contributed by atoms with Crippen molar-refractivity contribution >= 4 is 0 Å². The molecule has 2 aliphatic rings. The lowest BCUT2D eigenvalue weighted by Crippen LogP contribution is -2.54. The molecule has 0 radical (unpaired) electrons. The minimum Gasteiger partial charge on any atom is -0.379 e. The van der Waals surface area contributed by atoms with Crippen molar-refractivity contribution in [1.82, 2.24) is 0 Å². The molecule has 1 heterocycles. The number of hydrogen-bond acceptors (Lipinski definition) is 3. The van der Waals surface area contributed by atoms with Crippen molar-refractivity contribution in [2.24, 2.45) is 17.3 Å². The summed E-state index contributed by atoms with van der Waals surface area (Å²) >= 11 is 0. The number of epoxide rings is 1. The minimum atomic E-state index is 0.0665. The van der Waals surface area contributed by atoms with Crippen LogP contribution in [-0.4, -0.2) is 38.6 Å². The lowest BCUT2D eigenvalue weighted by atomic mass is 9.61. The molecule has 3 unspecified atom stereocenters. The zero-order valence-corrected chi connectivity index (χ0v) is 14.8. The van der Waals surface area contributed by atoms with Gasteiger partial charge in [-0.1, -0.05) is 40.5 Å². The summed E-state index contributed by atoms with van der Waals surface area (Å²) < 4.78 is 17.5. The summed E-state index contributed by atoms with van der Waals surface area (Å²) in [5.41, 5.74) is 0.292. The van der Waals surface area contributed by atoms with E-state index in [1.807, 2.05) is 14.2 Å². The number of methoxy groups -OCH3 is 2. The predicted molar refractivity (Wildman–Crippen MR) is 85.5 cm³/mol. The van der Waals surface area contributed by atoms with Crippen molar-refractivity contribution in [3.05, 3.63) is 0 Å². The van der Waals surface area contributed by atoms with Crippen LogP contribution in [0.5, 0.6) is 0 Å². The Morgan fingerprint density at radius 3 is 2.38 bits per heavy atom. The van der Waals surface area contributed by atoms with Gasteiger partial charge in [0.25, 0.3) is 0 Å². The van der Waals surface area contributed by atoms with Gasteiger partial charge >= 0.3 is 0 Å². The normalized spacial score (nSPS) is 36.4. The van der Waals surface area contributed by atoms with Gasteiger partial charge in [0.2, 0.25) is 0 Å². The largest absolute Gasteiger partial charge is 0.379 e. The van der Waals surface area contributed by atoms with Crippen LogP contribution in [0.1, 0.15) is 59.8 Å². The van der Waals surface area contributed by atoms with Gasteiger partial charge in [0, 0.05) is 20.1 Å². The molecular formula is C18H34O3. The SMILES string of the molecule is COC1CC[C@]2(CO2)C(C(C)(C)CCCC(C)C)C1OC. The molecule has 0 aromatic rings. The fraction of sp³-hybridized carbons (Fsp3) is 1.00. The molecule has 0 N–H and O–H groups in total. The molecule has 1 saturated carbocycles. The summed E-state index contributed by atoms with van der Waals surface area (Å²) in [6.45, 7) is 10.3. The second-order valence-corrected chi connectivity index (χ2v) is 8.12. The summed E-state index contributed by atoms with van der Waals surface area (Å²) in [4.78, 5) is 0. The first-order chi connectivity index (χ1) is 9.86. The van der Waals surface area contributed by atoms with E-state index in [-0.39, 0.29) is 23.2 Å². The van der Waals surface area contributed by atoms with Gasteiger partial charge in [0.1, 0.15) is 0 Å². The Morgan fingerprint density at radius 2 is 1.90 bits per heavy atom. The van der Waals surface area contributed by atoms with E-state index in [9.17, 15) is 0 Å². The van der Waals surface area contributed by atoms with E-state index in [0.29, 0.717) is 5.92 Å². The third-order valence-corrected chi connectivity index (χ3v) is 5.65. The molecule has 0 aromatic heterocycles. The van der Waals surface area contributed by atoms with Gasteiger partial charge in [0.15, 0.2) is 0 Å². The smallest absolute Gasteiger partial charge is 0.0976 e. The molecule has 2 fully saturated rings. The molecule has 0 bridgehead atoms. The van der Waals surface area contributed by atoms with Crippen LogP contribution in [0, 0.1) is 17.3 Å². The quantitative estimate of drug-likeness (QED) is 0.664. The van der Waals surface area contributed by atoms with Crippen LogP contribution in [0.15, 0.2) is 0 Å². The van der Waals surface area contributed by atoms with Crippen LogP contribution in [-0.2, 0) is 14.2 Å². The lowest BCUT2D eigenvalue weighted by molar-refractivity contribution is -0.142. The van der Waals surface area contributed by atoms with Gasteiger partial charge in [-0.2, -0.15) is 0 Å². The van der Waals surface area contributed by atoms with Crippen LogP contribution in [0.4, 0.5) is 0 Å². The maximum atomic E-state index is 5.95. The Bertz CT molecular complexity index is 333. The molecular weight excluding hydrogens is 264 g/mol. The minimum absolute atomic E-state index is 0.0665. The van der Waals surface area contributed by atoms with Crippen LogP contribution in [0.25, 0.3) is 0 Å². The van der Waals surface area contributed by atoms with Gasteiger partial charge in [0.05, 0.1) is 24.4 Å². The van der Waals surface area contributed by atoms with Crippen LogP contribution < -0.4 is 0 Å². The van der Waals surface area contributed by atoms with Gasteiger partial charge in [-0.25, -0.2) is 0 Å². The average molecular weight is 298 g/mol. The molecule has 2 rings (SSSR count). The van der Waals surface area contributed by atoms with E-state index in [0.717, 1.165) is 25.4 Å². The summed E-state index contributed by atoms with van der Waals surface area (Å²) in [6.07, 6.45) is 6.34. The second-order valence-electron chi connectivity index (χ2n) is 8.12. The topological polar surface area (TPSA) is 31.0 Å². The van der Waals surface area contributed by atoms with Crippen molar-refractivity contribution in [1.29, 1.82) is 0 Å². The molecule has 1 saturated heterocycles. The highest BCUT2D eigenvalue weighted by Gasteiger charge is 2.62. The summed E-state index contributed by atoms with van der Waals surface area (Å²) in [7, 11) is 3.64. The van der Waals surface area contributed by atoms with E-state index >= 15 is 0 Å². The number of ether oxygens (including phenoxy) is 3. The molecule has 3 heteroatoms. The van der Waals surface area contributed by atoms with Crippen molar-refractivity contribution in [2.45, 2.75) is 77.6 Å². The van der Waals surface area contributed by atoms with Gasteiger partial charge < -0.3 is 14.2 Å². The molecule has 1 aliphatic heterocycles. The third kappa shape index (κ3) is 3.62. The standard InChI is InChI=1S/C18H34O3/c1-13(2)8-7-10-17(3,4)16-15(20-6)14(19-5)9-11-18(16)12-21-18/h13-16H,7-12H2,1-6H3/t14?,15?,16?,18-/m0/s1. The van der Waals surface area contributed by atoms with Gasteiger partial charge in [-0.05, 0) is 30.6 Å².